The second-order valence-corrected chi connectivity index (χ2v) is 7.76. The molecule has 9 heteroatoms. The van der Waals surface area contributed by atoms with Crippen LogP contribution in [-0.2, 0) is 12.7 Å². The average Bonchev–Trinajstić information content (AvgIpc) is 3.08. The molecule has 0 aliphatic carbocycles. The summed E-state index contributed by atoms with van der Waals surface area (Å²) >= 11 is 6.67. The van der Waals surface area contributed by atoms with Gasteiger partial charge in [-0.05, 0) is 24.4 Å². The first-order valence-electron chi connectivity index (χ1n) is 8.74. The van der Waals surface area contributed by atoms with E-state index in [4.69, 9.17) is 12.2 Å². The third-order valence-corrected chi connectivity index (χ3v) is 5.68. The highest BCUT2D eigenvalue weighted by Crippen LogP contribution is 2.35. The third-order valence-electron chi connectivity index (χ3n) is 4.33. The van der Waals surface area contributed by atoms with Crippen LogP contribution in [0.3, 0.4) is 0 Å². The maximum atomic E-state index is 13.2. The number of thioether (sulfide) groups is 1. The van der Waals surface area contributed by atoms with Crippen LogP contribution in [0.1, 0.15) is 5.69 Å². The number of H-pyrrole nitrogens is 1. The Bertz CT molecular complexity index is 1200. The van der Waals surface area contributed by atoms with Crippen LogP contribution < -0.4 is 0 Å². The quantitative estimate of drug-likeness (QED) is 0.312. The molecular formula is C20H15F3N4S2. The largest absolute Gasteiger partial charge is 0.433 e. The average molecular weight is 432 g/mol. The maximum absolute atomic E-state index is 13.2. The fourth-order valence-corrected chi connectivity index (χ4v) is 4.23. The molecule has 0 aliphatic heterocycles. The molecule has 148 valence electrons. The number of hydrogen-bond acceptors (Lipinski definition) is 4. The Morgan fingerprint density at radius 1 is 1.03 bits per heavy atom. The number of benzene rings is 2. The number of para-hydroxylation sites is 1. The summed E-state index contributed by atoms with van der Waals surface area (Å²) in [6.45, 7) is 0.502. The van der Waals surface area contributed by atoms with Gasteiger partial charge in [-0.15, -0.1) is 11.8 Å². The van der Waals surface area contributed by atoms with Gasteiger partial charge < -0.3 is 0 Å². The number of aromatic amines is 1. The molecule has 0 saturated heterocycles. The van der Waals surface area contributed by atoms with Gasteiger partial charge in [0, 0.05) is 28.1 Å². The van der Waals surface area contributed by atoms with Crippen molar-refractivity contribution in [3.8, 4) is 11.4 Å². The summed E-state index contributed by atoms with van der Waals surface area (Å²) in [4.78, 5) is 4.30. The van der Waals surface area contributed by atoms with E-state index in [0.29, 0.717) is 38.7 Å². The minimum Gasteiger partial charge on any atom is -0.299 e. The molecule has 0 saturated carbocycles. The van der Waals surface area contributed by atoms with Crippen LogP contribution in [0.5, 0.6) is 0 Å². The van der Waals surface area contributed by atoms with E-state index in [-0.39, 0.29) is 0 Å². The number of aromatic nitrogens is 4. The summed E-state index contributed by atoms with van der Waals surface area (Å²) in [7, 11) is 0. The summed E-state index contributed by atoms with van der Waals surface area (Å²) in [6.07, 6.45) is -4.49. The van der Waals surface area contributed by atoms with Gasteiger partial charge in [0.15, 0.2) is 10.6 Å². The fourth-order valence-electron chi connectivity index (χ4n) is 2.99. The standard InChI is InChI=1S/C20H15F3N4S2/c21-20(22,23)17-12-16(14-8-4-5-9-15(14)24-17)29-11-10-27-18(25-26-19(27)28)13-6-2-1-3-7-13/h1-9,12H,10-11H2,(H,26,28). The zero-order chi connectivity index (χ0) is 20.4. The summed E-state index contributed by atoms with van der Waals surface area (Å²) in [6, 6.07) is 17.6. The number of nitrogens with zero attached hydrogens (tertiary/aromatic N) is 3. The summed E-state index contributed by atoms with van der Waals surface area (Å²) in [5.74, 6) is 1.23. The maximum Gasteiger partial charge on any atom is 0.433 e. The monoisotopic (exact) mass is 432 g/mol. The number of hydrogen-bond donors (Lipinski definition) is 1. The first-order valence-corrected chi connectivity index (χ1v) is 10.1. The number of pyridine rings is 1. The smallest absolute Gasteiger partial charge is 0.299 e. The lowest BCUT2D eigenvalue weighted by atomic mass is 10.2. The lowest BCUT2D eigenvalue weighted by Gasteiger charge is -2.12. The lowest BCUT2D eigenvalue weighted by Crippen LogP contribution is -2.08. The highest BCUT2D eigenvalue weighted by atomic mass is 32.2. The van der Waals surface area contributed by atoms with E-state index in [1.807, 2.05) is 34.9 Å². The number of halogens is 3. The minimum absolute atomic E-state index is 0.328. The summed E-state index contributed by atoms with van der Waals surface area (Å²) < 4.78 is 42.0. The Hall–Kier alpha value is -2.65. The summed E-state index contributed by atoms with van der Waals surface area (Å²) in [5, 5.41) is 7.78. The van der Waals surface area contributed by atoms with Gasteiger partial charge in [0.2, 0.25) is 0 Å². The molecule has 4 nitrogen and oxygen atoms in total. The Morgan fingerprint density at radius 3 is 2.52 bits per heavy atom. The summed E-state index contributed by atoms with van der Waals surface area (Å²) in [5.41, 5.74) is 0.358. The van der Waals surface area contributed by atoms with E-state index >= 15 is 0 Å². The molecule has 0 amide bonds. The zero-order valence-corrected chi connectivity index (χ0v) is 16.6. The molecule has 0 bridgehead atoms. The highest BCUT2D eigenvalue weighted by molar-refractivity contribution is 7.99. The minimum atomic E-state index is -4.49. The van der Waals surface area contributed by atoms with Gasteiger partial charge in [0.25, 0.3) is 0 Å². The molecule has 29 heavy (non-hydrogen) atoms. The van der Waals surface area contributed by atoms with Gasteiger partial charge in [0.05, 0.1) is 5.52 Å². The van der Waals surface area contributed by atoms with Crippen LogP contribution in [0, 0.1) is 4.77 Å². The molecule has 1 N–H and O–H groups in total. The van der Waals surface area contributed by atoms with Gasteiger partial charge in [-0.3, -0.25) is 9.67 Å². The first-order chi connectivity index (χ1) is 13.9. The molecule has 2 aromatic heterocycles. The van der Waals surface area contributed by atoms with Crippen LogP contribution in [0.4, 0.5) is 13.2 Å². The Kier molecular flexibility index (Phi) is 5.42. The molecular weight excluding hydrogens is 417 g/mol. The van der Waals surface area contributed by atoms with Crippen molar-refractivity contribution in [2.45, 2.75) is 17.6 Å². The van der Waals surface area contributed by atoms with E-state index in [1.165, 1.54) is 11.8 Å². The SMILES string of the molecule is FC(F)(F)c1cc(SCCn2c(-c3ccccc3)n[nH]c2=S)c2ccccc2n1. The van der Waals surface area contributed by atoms with Crippen molar-refractivity contribution < 1.29 is 13.2 Å². The molecule has 0 spiro atoms. The van der Waals surface area contributed by atoms with Crippen LogP contribution >= 0.6 is 24.0 Å². The topological polar surface area (TPSA) is 46.5 Å². The van der Waals surface area contributed by atoms with Crippen molar-refractivity contribution in [2.75, 3.05) is 5.75 Å². The van der Waals surface area contributed by atoms with Gasteiger partial charge in [-0.2, -0.15) is 18.3 Å². The number of rotatable bonds is 5. The van der Waals surface area contributed by atoms with Crippen molar-refractivity contribution >= 4 is 34.9 Å². The second kappa shape index (κ2) is 8.00. The second-order valence-electron chi connectivity index (χ2n) is 6.24. The van der Waals surface area contributed by atoms with Crippen molar-refractivity contribution in [3.05, 3.63) is 71.1 Å². The van der Waals surface area contributed by atoms with Crippen LogP contribution in [0.15, 0.2) is 65.6 Å². The molecule has 2 aromatic carbocycles. The molecule has 0 fully saturated rings. The number of fused-ring (bicyclic) bond motifs is 1. The Balaban J connectivity index is 1.61. The molecule has 0 radical (unpaired) electrons. The predicted molar refractivity (Wildman–Crippen MR) is 110 cm³/mol. The first kappa shape index (κ1) is 19.7. The Labute approximate surface area is 173 Å². The van der Waals surface area contributed by atoms with Crippen LogP contribution in [0.25, 0.3) is 22.3 Å². The molecule has 2 heterocycles. The highest BCUT2D eigenvalue weighted by Gasteiger charge is 2.33. The van der Waals surface area contributed by atoms with E-state index in [1.54, 1.807) is 24.3 Å². The molecule has 4 aromatic rings. The van der Waals surface area contributed by atoms with Gasteiger partial charge in [-0.25, -0.2) is 4.98 Å². The van der Waals surface area contributed by atoms with Gasteiger partial charge >= 0.3 is 6.18 Å². The van der Waals surface area contributed by atoms with E-state index < -0.39 is 11.9 Å². The number of alkyl halides is 3. The van der Waals surface area contributed by atoms with Gasteiger partial charge in [0.1, 0.15) is 5.69 Å². The molecule has 0 aliphatic rings. The normalized spacial score (nSPS) is 11.8. The van der Waals surface area contributed by atoms with Gasteiger partial charge in [-0.1, -0.05) is 48.5 Å². The predicted octanol–water partition coefficient (Wildman–Crippen LogP) is 5.97. The number of nitrogens with one attached hydrogen (secondary N) is 1. The Morgan fingerprint density at radius 2 is 1.76 bits per heavy atom. The van der Waals surface area contributed by atoms with Crippen LogP contribution in [-0.4, -0.2) is 25.5 Å². The van der Waals surface area contributed by atoms with Crippen molar-refractivity contribution in [1.82, 2.24) is 19.7 Å². The molecule has 0 atom stereocenters. The van der Waals surface area contributed by atoms with Crippen molar-refractivity contribution in [1.29, 1.82) is 0 Å². The van der Waals surface area contributed by atoms with E-state index in [2.05, 4.69) is 15.2 Å². The molecule has 4 rings (SSSR count). The van der Waals surface area contributed by atoms with Crippen molar-refractivity contribution in [2.24, 2.45) is 0 Å². The van der Waals surface area contributed by atoms with E-state index in [0.717, 1.165) is 11.6 Å². The van der Waals surface area contributed by atoms with E-state index in [9.17, 15) is 13.2 Å². The fraction of sp³-hybridized carbons (Fsp3) is 0.150. The van der Waals surface area contributed by atoms with Crippen LogP contribution in [0.2, 0.25) is 0 Å². The zero-order valence-electron chi connectivity index (χ0n) is 15.0. The van der Waals surface area contributed by atoms with Crippen molar-refractivity contribution in [3.63, 3.8) is 0 Å². The third kappa shape index (κ3) is 4.20. The lowest BCUT2D eigenvalue weighted by molar-refractivity contribution is -0.141. The molecule has 0 unspecified atom stereocenters.